The van der Waals surface area contributed by atoms with Crippen LogP contribution in [0, 0.1) is 0 Å². The minimum atomic E-state index is -0.273. The fourth-order valence-electron chi connectivity index (χ4n) is 3.11. The summed E-state index contributed by atoms with van der Waals surface area (Å²) in [7, 11) is 0. The van der Waals surface area contributed by atoms with Crippen molar-refractivity contribution < 1.29 is 4.79 Å². The molecular weight excluding hydrogens is 402 g/mol. The van der Waals surface area contributed by atoms with Gasteiger partial charge in [-0.2, -0.15) is 0 Å². The second-order valence-electron chi connectivity index (χ2n) is 6.56. The number of hydrogen-bond acceptors (Lipinski definition) is 3. The van der Waals surface area contributed by atoms with Crippen LogP contribution in [0.1, 0.15) is 13.3 Å². The van der Waals surface area contributed by atoms with Gasteiger partial charge in [-0.15, -0.1) is 0 Å². The van der Waals surface area contributed by atoms with E-state index in [4.69, 9.17) is 16.6 Å². The van der Waals surface area contributed by atoms with Gasteiger partial charge < -0.3 is 5.32 Å². The first-order valence-electron chi connectivity index (χ1n) is 9.41. The topological polar surface area (TPSA) is 46.9 Å². The van der Waals surface area contributed by atoms with E-state index in [1.165, 1.54) is 11.8 Å². The molecule has 0 fully saturated rings. The number of amides is 1. The Morgan fingerprint density at radius 2 is 1.72 bits per heavy atom. The van der Waals surface area contributed by atoms with Crippen molar-refractivity contribution in [2.45, 2.75) is 23.8 Å². The van der Waals surface area contributed by atoms with E-state index in [1.54, 1.807) is 24.3 Å². The number of halogens is 1. The van der Waals surface area contributed by atoms with E-state index in [1.807, 2.05) is 61.5 Å². The van der Waals surface area contributed by atoms with Gasteiger partial charge in [0.15, 0.2) is 5.16 Å². The lowest BCUT2D eigenvalue weighted by molar-refractivity contribution is -0.115. The van der Waals surface area contributed by atoms with E-state index in [-0.39, 0.29) is 11.2 Å². The quantitative estimate of drug-likeness (QED) is 0.377. The Morgan fingerprint density at radius 1 is 1.03 bits per heavy atom. The van der Waals surface area contributed by atoms with Crippen LogP contribution in [-0.4, -0.2) is 20.7 Å². The average molecular weight is 422 g/mol. The van der Waals surface area contributed by atoms with Gasteiger partial charge in [-0.3, -0.25) is 9.36 Å². The van der Waals surface area contributed by atoms with Crippen LogP contribution in [0.25, 0.3) is 16.7 Å². The zero-order valence-electron chi connectivity index (χ0n) is 15.9. The Morgan fingerprint density at radius 3 is 2.45 bits per heavy atom. The van der Waals surface area contributed by atoms with Gasteiger partial charge in [-0.05, 0) is 55.0 Å². The smallest absolute Gasteiger partial charge is 0.237 e. The molecule has 4 rings (SSSR count). The number of fused-ring (bicyclic) bond motifs is 1. The number of rotatable bonds is 6. The lowest BCUT2D eigenvalue weighted by Gasteiger charge is -2.16. The van der Waals surface area contributed by atoms with Crippen LogP contribution in [-0.2, 0) is 4.79 Å². The Kier molecular flexibility index (Phi) is 5.88. The number of carbonyl (C=O) groups is 1. The molecule has 0 spiro atoms. The Labute approximate surface area is 178 Å². The molecule has 1 N–H and O–H groups in total. The van der Waals surface area contributed by atoms with Gasteiger partial charge in [0, 0.05) is 16.4 Å². The molecule has 6 heteroatoms. The number of para-hydroxylation sites is 3. The van der Waals surface area contributed by atoms with Crippen LogP contribution >= 0.6 is 23.4 Å². The summed E-state index contributed by atoms with van der Waals surface area (Å²) in [5.41, 5.74) is 3.69. The number of aromatic nitrogens is 2. The van der Waals surface area contributed by atoms with Crippen LogP contribution < -0.4 is 5.32 Å². The first-order valence-corrected chi connectivity index (χ1v) is 10.7. The van der Waals surface area contributed by atoms with Crippen molar-refractivity contribution in [1.29, 1.82) is 0 Å². The van der Waals surface area contributed by atoms with E-state index >= 15 is 0 Å². The number of thioether (sulfide) groups is 1. The number of nitrogens with one attached hydrogen (secondary N) is 1. The second-order valence-corrected chi connectivity index (χ2v) is 8.17. The van der Waals surface area contributed by atoms with Gasteiger partial charge in [-0.1, -0.05) is 60.6 Å². The predicted octanol–water partition coefficient (Wildman–Crippen LogP) is 6.19. The molecule has 29 heavy (non-hydrogen) atoms. The number of anilines is 1. The van der Waals surface area contributed by atoms with Gasteiger partial charge in [0.2, 0.25) is 5.91 Å². The fraction of sp³-hybridized carbons (Fsp3) is 0.130. The van der Waals surface area contributed by atoms with Crippen LogP contribution in [0.2, 0.25) is 5.02 Å². The average Bonchev–Trinajstić information content (AvgIpc) is 3.12. The van der Waals surface area contributed by atoms with E-state index in [2.05, 4.69) is 9.88 Å². The number of hydrogen-bond donors (Lipinski definition) is 1. The van der Waals surface area contributed by atoms with E-state index in [0.717, 1.165) is 27.6 Å². The highest BCUT2D eigenvalue weighted by molar-refractivity contribution is 8.00. The standard InChI is InChI=1S/C23H20ClN3OS/c1-2-21(22(28)25-17-14-12-16(24)13-15-17)29-23-26-19-10-6-7-11-20(19)27(23)18-8-4-3-5-9-18/h3-15,21H,2H2,1H3,(H,25,28)/t21-/m1/s1. The van der Waals surface area contributed by atoms with Crippen molar-refractivity contribution in [3.05, 3.63) is 83.9 Å². The van der Waals surface area contributed by atoms with Crippen molar-refractivity contribution in [3.8, 4) is 5.69 Å². The maximum Gasteiger partial charge on any atom is 0.237 e. The summed E-state index contributed by atoms with van der Waals surface area (Å²) in [6.45, 7) is 2.01. The molecule has 146 valence electrons. The molecule has 0 bridgehead atoms. The summed E-state index contributed by atoms with van der Waals surface area (Å²) in [5.74, 6) is -0.0495. The molecule has 1 atom stereocenters. The summed E-state index contributed by atoms with van der Waals surface area (Å²) >= 11 is 7.41. The van der Waals surface area contributed by atoms with Crippen LogP contribution in [0.15, 0.2) is 84.0 Å². The molecule has 1 aromatic heterocycles. The van der Waals surface area contributed by atoms with E-state index in [9.17, 15) is 4.79 Å². The second kappa shape index (κ2) is 8.72. The summed E-state index contributed by atoms with van der Waals surface area (Å²) < 4.78 is 2.11. The van der Waals surface area contributed by atoms with Crippen molar-refractivity contribution in [2.75, 3.05) is 5.32 Å². The highest BCUT2D eigenvalue weighted by atomic mass is 35.5. The first kappa shape index (κ1) is 19.6. The molecule has 4 nitrogen and oxygen atoms in total. The number of benzene rings is 3. The third-order valence-electron chi connectivity index (χ3n) is 4.57. The number of carbonyl (C=O) groups excluding carboxylic acids is 1. The molecule has 0 saturated heterocycles. The van der Waals surface area contributed by atoms with Crippen LogP contribution in [0.4, 0.5) is 5.69 Å². The summed E-state index contributed by atoms with van der Waals surface area (Å²) in [5, 5.41) is 4.15. The minimum absolute atomic E-state index is 0.0495. The van der Waals surface area contributed by atoms with Gasteiger partial charge in [0.05, 0.1) is 16.3 Å². The maximum absolute atomic E-state index is 12.9. The van der Waals surface area contributed by atoms with E-state index in [0.29, 0.717) is 11.4 Å². The maximum atomic E-state index is 12.9. The van der Waals surface area contributed by atoms with Crippen LogP contribution in [0.3, 0.4) is 0 Å². The Bertz CT molecular complexity index is 1130. The van der Waals surface area contributed by atoms with Gasteiger partial charge in [0.25, 0.3) is 0 Å². The SMILES string of the molecule is CC[C@@H](Sc1nc2ccccc2n1-c1ccccc1)C(=O)Nc1ccc(Cl)cc1. The fourth-order valence-corrected chi connectivity index (χ4v) is 4.29. The van der Waals surface area contributed by atoms with Crippen molar-refractivity contribution in [1.82, 2.24) is 9.55 Å². The lowest BCUT2D eigenvalue weighted by atomic mass is 10.3. The number of nitrogens with zero attached hydrogens (tertiary/aromatic N) is 2. The third kappa shape index (κ3) is 4.31. The molecule has 3 aromatic carbocycles. The molecule has 0 aliphatic carbocycles. The summed E-state index contributed by atoms with van der Waals surface area (Å²) in [6.07, 6.45) is 0.683. The van der Waals surface area contributed by atoms with Gasteiger partial charge in [-0.25, -0.2) is 4.98 Å². The third-order valence-corrected chi connectivity index (χ3v) is 6.14. The van der Waals surface area contributed by atoms with Crippen LogP contribution in [0.5, 0.6) is 0 Å². The molecule has 0 unspecified atom stereocenters. The zero-order valence-corrected chi connectivity index (χ0v) is 17.5. The molecule has 1 amide bonds. The van der Waals surface area contributed by atoms with Gasteiger partial charge >= 0.3 is 0 Å². The molecule has 4 aromatic rings. The Hall–Kier alpha value is -2.76. The normalized spacial score (nSPS) is 12.1. The number of imidazole rings is 1. The molecular formula is C23H20ClN3OS. The summed E-state index contributed by atoms with van der Waals surface area (Å²) in [4.78, 5) is 17.7. The monoisotopic (exact) mass is 421 g/mol. The van der Waals surface area contributed by atoms with E-state index < -0.39 is 0 Å². The molecule has 0 aliphatic heterocycles. The first-order chi connectivity index (χ1) is 14.2. The summed E-state index contributed by atoms with van der Waals surface area (Å²) in [6, 6.07) is 25.2. The zero-order chi connectivity index (χ0) is 20.2. The molecule has 1 heterocycles. The molecule has 0 aliphatic rings. The largest absolute Gasteiger partial charge is 0.325 e. The minimum Gasteiger partial charge on any atom is -0.325 e. The van der Waals surface area contributed by atoms with Gasteiger partial charge in [0.1, 0.15) is 0 Å². The van der Waals surface area contributed by atoms with Crippen molar-refractivity contribution >= 4 is 46.0 Å². The molecule has 0 saturated carbocycles. The predicted molar refractivity (Wildman–Crippen MR) is 121 cm³/mol. The van der Waals surface area contributed by atoms with Crippen molar-refractivity contribution in [2.24, 2.45) is 0 Å². The highest BCUT2D eigenvalue weighted by Gasteiger charge is 2.22. The Balaban J connectivity index is 1.65. The molecule has 0 radical (unpaired) electrons. The lowest BCUT2D eigenvalue weighted by Crippen LogP contribution is -2.25. The van der Waals surface area contributed by atoms with Crippen molar-refractivity contribution in [3.63, 3.8) is 0 Å². The highest BCUT2D eigenvalue weighted by Crippen LogP contribution is 2.32.